The molecule has 0 amide bonds. The van der Waals surface area contributed by atoms with E-state index in [4.69, 9.17) is 10.5 Å². The Morgan fingerprint density at radius 3 is 2.47 bits per heavy atom. The zero-order valence-corrected chi connectivity index (χ0v) is 12.6. The lowest BCUT2D eigenvalue weighted by Gasteiger charge is -2.28. The van der Waals surface area contributed by atoms with Crippen molar-refractivity contribution in [1.29, 1.82) is 0 Å². The van der Waals surface area contributed by atoms with Gasteiger partial charge in [0.1, 0.15) is 4.90 Å². The quantitative estimate of drug-likeness (QED) is 0.832. The number of sulfonamides is 1. The number of rotatable bonds is 6. The Labute approximate surface area is 114 Å². The number of nitrogens with zero attached hydrogens (tertiary/aromatic N) is 2. The third-order valence-electron chi connectivity index (χ3n) is 2.83. The number of aromatic nitrogens is 1. The van der Waals surface area contributed by atoms with E-state index in [0.29, 0.717) is 19.0 Å². The highest BCUT2D eigenvalue weighted by Crippen LogP contribution is 2.21. The topological polar surface area (TPSA) is 85.5 Å². The predicted octanol–water partition coefficient (Wildman–Crippen LogP) is 0.696. The van der Waals surface area contributed by atoms with Gasteiger partial charge in [-0.3, -0.25) is 0 Å². The van der Waals surface area contributed by atoms with Gasteiger partial charge in [-0.05, 0) is 18.0 Å². The average molecular weight is 287 g/mol. The number of nitrogens with two attached hydrogens (primary N) is 1. The molecule has 0 aromatic carbocycles. The van der Waals surface area contributed by atoms with Gasteiger partial charge in [0.25, 0.3) is 0 Å². The summed E-state index contributed by atoms with van der Waals surface area (Å²) in [6, 6.07) is 3.00. The van der Waals surface area contributed by atoms with Gasteiger partial charge in [0.2, 0.25) is 15.9 Å². The molecule has 6 nitrogen and oxygen atoms in total. The Morgan fingerprint density at radius 2 is 2.05 bits per heavy atom. The molecule has 1 rings (SSSR count). The molecule has 0 aliphatic heterocycles. The zero-order valence-electron chi connectivity index (χ0n) is 11.8. The van der Waals surface area contributed by atoms with Crippen LogP contribution in [-0.4, -0.2) is 45.0 Å². The second kappa shape index (κ2) is 5.85. The molecule has 0 atom stereocenters. The van der Waals surface area contributed by atoms with Gasteiger partial charge in [-0.25, -0.2) is 17.7 Å². The van der Waals surface area contributed by atoms with Crippen LogP contribution < -0.4 is 10.5 Å². The van der Waals surface area contributed by atoms with E-state index in [-0.39, 0.29) is 10.3 Å². The van der Waals surface area contributed by atoms with Crippen LogP contribution in [0.1, 0.15) is 13.8 Å². The van der Waals surface area contributed by atoms with Crippen molar-refractivity contribution in [3.05, 3.63) is 18.3 Å². The molecule has 0 spiro atoms. The summed E-state index contributed by atoms with van der Waals surface area (Å²) in [6.45, 7) is 4.60. The van der Waals surface area contributed by atoms with E-state index >= 15 is 0 Å². The van der Waals surface area contributed by atoms with Gasteiger partial charge in [0.05, 0.1) is 13.3 Å². The molecule has 19 heavy (non-hydrogen) atoms. The fourth-order valence-electron chi connectivity index (χ4n) is 1.57. The maximum absolute atomic E-state index is 12.3. The number of pyridine rings is 1. The first-order valence-corrected chi connectivity index (χ1v) is 7.33. The van der Waals surface area contributed by atoms with Gasteiger partial charge < -0.3 is 10.5 Å². The SMILES string of the molecule is COc1ccc(S(=O)(=O)N(C)CC(C)(C)CN)cn1. The summed E-state index contributed by atoms with van der Waals surface area (Å²) in [5.74, 6) is 0.379. The van der Waals surface area contributed by atoms with E-state index in [1.807, 2.05) is 13.8 Å². The molecule has 0 saturated carbocycles. The molecule has 0 radical (unpaired) electrons. The molecule has 0 aliphatic rings. The molecule has 0 bridgehead atoms. The summed E-state index contributed by atoms with van der Waals surface area (Å²) in [5, 5.41) is 0. The van der Waals surface area contributed by atoms with E-state index in [0.717, 1.165) is 0 Å². The van der Waals surface area contributed by atoms with E-state index in [9.17, 15) is 8.42 Å². The number of hydrogen-bond acceptors (Lipinski definition) is 5. The second-order valence-corrected chi connectivity index (χ2v) is 7.21. The summed E-state index contributed by atoms with van der Waals surface area (Å²) in [5.41, 5.74) is 5.35. The molecule has 108 valence electrons. The van der Waals surface area contributed by atoms with Crippen LogP contribution in [0.3, 0.4) is 0 Å². The van der Waals surface area contributed by atoms with Crippen molar-refractivity contribution in [3.8, 4) is 5.88 Å². The molecule has 2 N–H and O–H groups in total. The van der Waals surface area contributed by atoms with Gasteiger partial charge in [-0.2, -0.15) is 0 Å². The summed E-state index contributed by atoms with van der Waals surface area (Å²) in [4.78, 5) is 4.05. The van der Waals surface area contributed by atoms with Crippen LogP contribution in [0.25, 0.3) is 0 Å². The number of ether oxygens (including phenoxy) is 1. The van der Waals surface area contributed by atoms with Crippen molar-refractivity contribution < 1.29 is 13.2 Å². The number of hydrogen-bond donors (Lipinski definition) is 1. The minimum atomic E-state index is -3.55. The molecule has 1 aromatic heterocycles. The maximum atomic E-state index is 12.3. The molecule has 1 heterocycles. The largest absolute Gasteiger partial charge is 0.481 e. The predicted molar refractivity (Wildman–Crippen MR) is 73.4 cm³/mol. The molecule has 0 unspecified atom stereocenters. The molecule has 0 fully saturated rings. The van der Waals surface area contributed by atoms with Crippen LogP contribution in [0.5, 0.6) is 5.88 Å². The Bertz CT molecular complexity index is 512. The van der Waals surface area contributed by atoms with Gasteiger partial charge in [0.15, 0.2) is 0 Å². The van der Waals surface area contributed by atoms with Crippen LogP contribution in [0.15, 0.2) is 23.2 Å². The highest BCUT2D eigenvalue weighted by molar-refractivity contribution is 7.89. The van der Waals surface area contributed by atoms with Crippen LogP contribution in [0.4, 0.5) is 0 Å². The first kappa shape index (κ1) is 15.9. The first-order valence-electron chi connectivity index (χ1n) is 5.89. The van der Waals surface area contributed by atoms with Crippen molar-refractivity contribution >= 4 is 10.0 Å². The summed E-state index contributed by atoms with van der Waals surface area (Å²) in [6.07, 6.45) is 1.29. The Kier molecular flexibility index (Phi) is 4.89. The Balaban J connectivity index is 2.96. The molecule has 0 saturated heterocycles. The monoisotopic (exact) mass is 287 g/mol. The van der Waals surface area contributed by atoms with E-state index in [1.54, 1.807) is 0 Å². The zero-order chi connectivity index (χ0) is 14.7. The van der Waals surface area contributed by atoms with Crippen molar-refractivity contribution in [2.24, 2.45) is 11.1 Å². The maximum Gasteiger partial charge on any atom is 0.244 e. The van der Waals surface area contributed by atoms with Gasteiger partial charge in [0, 0.05) is 19.7 Å². The molecular formula is C12H21N3O3S. The summed E-state index contributed by atoms with van der Waals surface area (Å²) in [7, 11) is -0.530. The standard InChI is InChI=1S/C12H21N3O3S/c1-12(2,8-13)9-15(3)19(16,17)10-5-6-11(18-4)14-7-10/h5-7H,8-9,13H2,1-4H3. The van der Waals surface area contributed by atoms with Crippen molar-refractivity contribution in [2.75, 3.05) is 27.2 Å². The summed E-state index contributed by atoms with van der Waals surface area (Å²) < 4.78 is 30.9. The fraction of sp³-hybridized carbons (Fsp3) is 0.583. The van der Waals surface area contributed by atoms with Crippen molar-refractivity contribution in [2.45, 2.75) is 18.7 Å². The van der Waals surface area contributed by atoms with Crippen LogP contribution >= 0.6 is 0 Å². The Morgan fingerprint density at radius 1 is 1.42 bits per heavy atom. The lowest BCUT2D eigenvalue weighted by Crippen LogP contribution is -2.39. The third-order valence-corrected chi connectivity index (χ3v) is 4.62. The molecule has 0 aliphatic carbocycles. The third kappa shape index (κ3) is 3.89. The van der Waals surface area contributed by atoms with Crippen LogP contribution in [0.2, 0.25) is 0 Å². The minimum absolute atomic E-state index is 0.142. The normalized spacial score (nSPS) is 12.7. The van der Waals surface area contributed by atoms with Crippen molar-refractivity contribution in [1.82, 2.24) is 9.29 Å². The van der Waals surface area contributed by atoms with E-state index in [1.165, 1.54) is 36.8 Å². The van der Waals surface area contributed by atoms with Crippen LogP contribution in [-0.2, 0) is 10.0 Å². The minimum Gasteiger partial charge on any atom is -0.481 e. The highest BCUT2D eigenvalue weighted by Gasteiger charge is 2.27. The fourth-order valence-corrected chi connectivity index (χ4v) is 2.88. The van der Waals surface area contributed by atoms with Gasteiger partial charge in [-0.1, -0.05) is 13.8 Å². The molecular weight excluding hydrogens is 266 g/mol. The van der Waals surface area contributed by atoms with Gasteiger partial charge in [-0.15, -0.1) is 0 Å². The van der Waals surface area contributed by atoms with E-state index < -0.39 is 10.0 Å². The lowest BCUT2D eigenvalue weighted by atomic mass is 9.94. The Hall–Kier alpha value is -1.18. The second-order valence-electron chi connectivity index (χ2n) is 5.17. The smallest absolute Gasteiger partial charge is 0.244 e. The van der Waals surface area contributed by atoms with Gasteiger partial charge >= 0.3 is 0 Å². The van der Waals surface area contributed by atoms with Crippen molar-refractivity contribution in [3.63, 3.8) is 0 Å². The highest BCUT2D eigenvalue weighted by atomic mass is 32.2. The molecule has 7 heteroatoms. The average Bonchev–Trinajstić information content (AvgIpc) is 2.38. The lowest BCUT2D eigenvalue weighted by molar-refractivity contribution is 0.292. The van der Waals surface area contributed by atoms with E-state index in [2.05, 4.69) is 4.98 Å². The van der Waals surface area contributed by atoms with Crippen LogP contribution in [0, 0.1) is 5.41 Å². The summed E-state index contributed by atoms with van der Waals surface area (Å²) >= 11 is 0. The first-order chi connectivity index (χ1) is 8.73. The number of methoxy groups -OCH3 is 1. The molecule has 1 aromatic rings.